The molecule has 0 saturated heterocycles. The zero-order valence-corrected chi connectivity index (χ0v) is 22.8. The number of carbonyl (C=O) groups excluding carboxylic acids is 2. The van der Waals surface area contributed by atoms with Crippen LogP contribution in [0, 0.1) is 11.8 Å². The van der Waals surface area contributed by atoms with Gasteiger partial charge in [-0.25, -0.2) is 4.79 Å². The van der Waals surface area contributed by atoms with E-state index in [-0.39, 0.29) is 29.1 Å². The Morgan fingerprint density at radius 1 is 0.842 bits per heavy atom. The lowest BCUT2D eigenvalue weighted by Crippen LogP contribution is -2.32. The van der Waals surface area contributed by atoms with E-state index in [1.807, 2.05) is 12.1 Å². The van der Waals surface area contributed by atoms with E-state index in [0.29, 0.717) is 40.4 Å². The maximum absolute atomic E-state index is 13.3. The van der Waals surface area contributed by atoms with E-state index in [2.05, 4.69) is 13.8 Å². The highest BCUT2D eigenvalue weighted by Gasteiger charge is 2.49. The summed E-state index contributed by atoms with van der Waals surface area (Å²) in [5.74, 6) is 0.674. The SMILES string of the molecule is COC1=CC2(C=C(OC)C1=O)C[C@@H](C)[C@H](C)[C@@H](OC(=O)c1ccccc1)c1cc(OC)c(OC)c(OC)c12. The van der Waals surface area contributed by atoms with Gasteiger partial charge in [-0.05, 0) is 42.7 Å². The van der Waals surface area contributed by atoms with E-state index < -0.39 is 17.5 Å². The Morgan fingerprint density at radius 3 is 1.97 bits per heavy atom. The van der Waals surface area contributed by atoms with Crippen LogP contribution < -0.4 is 14.2 Å². The van der Waals surface area contributed by atoms with Crippen LogP contribution in [0.3, 0.4) is 0 Å². The molecule has 0 unspecified atom stereocenters. The standard InChI is InChI=1S/C30H34O8/c1-17-14-30(15-22(34-4)25(31)23(16-30)35-5)24-20(13-21(33-3)27(36-6)28(24)37-7)26(18(17)2)38-29(32)19-11-9-8-10-12-19/h8-13,15-18,26H,14H2,1-7H3/t17-,18+,26-/m1/s1. The summed E-state index contributed by atoms with van der Waals surface area (Å²) >= 11 is 0. The lowest BCUT2D eigenvalue weighted by Gasteiger charge is -2.35. The van der Waals surface area contributed by atoms with Crippen LogP contribution in [0.5, 0.6) is 17.2 Å². The molecule has 0 aromatic heterocycles. The fourth-order valence-electron chi connectivity index (χ4n) is 5.54. The number of carbonyl (C=O) groups is 2. The number of Topliss-reactive ketones (excluding diaryl/α,β-unsaturated/α-hetero) is 1. The number of rotatable bonds is 7. The molecule has 2 aliphatic rings. The zero-order valence-electron chi connectivity index (χ0n) is 22.8. The molecule has 8 nitrogen and oxygen atoms in total. The van der Waals surface area contributed by atoms with Crippen LogP contribution in [0.25, 0.3) is 0 Å². The van der Waals surface area contributed by atoms with Crippen molar-refractivity contribution in [3.05, 3.63) is 76.8 Å². The van der Waals surface area contributed by atoms with E-state index in [1.165, 1.54) is 21.3 Å². The van der Waals surface area contributed by atoms with Gasteiger partial charge < -0.3 is 28.4 Å². The molecule has 0 radical (unpaired) electrons. The molecule has 0 aliphatic heterocycles. The molecule has 3 atom stereocenters. The quantitative estimate of drug-likeness (QED) is 0.461. The van der Waals surface area contributed by atoms with Gasteiger partial charge in [0, 0.05) is 22.5 Å². The van der Waals surface area contributed by atoms with E-state index in [4.69, 9.17) is 28.4 Å². The fraction of sp³-hybridized carbons (Fsp3) is 0.400. The summed E-state index contributed by atoms with van der Waals surface area (Å²) in [6.45, 7) is 4.15. The Morgan fingerprint density at radius 2 is 1.45 bits per heavy atom. The van der Waals surface area contributed by atoms with Gasteiger partial charge in [0.15, 0.2) is 23.0 Å². The largest absolute Gasteiger partial charge is 0.493 e. The van der Waals surface area contributed by atoms with E-state index in [9.17, 15) is 9.59 Å². The zero-order chi connectivity index (χ0) is 27.6. The summed E-state index contributed by atoms with van der Waals surface area (Å²) in [5, 5.41) is 0. The van der Waals surface area contributed by atoms with Crippen LogP contribution in [0.15, 0.2) is 60.1 Å². The molecule has 0 saturated carbocycles. The van der Waals surface area contributed by atoms with E-state index in [0.717, 1.165) is 0 Å². The first-order chi connectivity index (χ1) is 18.2. The van der Waals surface area contributed by atoms with Gasteiger partial charge in [0.2, 0.25) is 5.75 Å². The van der Waals surface area contributed by atoms with Gasteiger partial charge in [-0.15, -0.1) is 0 Å². The Balaban J connectivity index is 2.05. The number of allylic oxidation sites excluding steroid dienone is 2. The van der Waals surface area contributed by atoms with Crippen molar-refractivity contribution < 1.29 is 38.0 Å². The van der Waals surface area contributed by atoms with Crippen LogP contribution >= 0.6 is 0 Å². The molecular formula is C30H34O8. The smallest absolute Gasteiger partial charge is 0.338 e. The monoisotopic (exact) mass is 522 g/mol. The summed E-state index contributed by atoms with van der Waals surface area (Å²) < 4.78 is 34.6. The van der Waals surface area contributed by atoms with E-state index in [1.54, 1.807) is 50.6 Å². The molecule has 2 aromatic carbocycles. The van der Waals surface area contributed by atoms with Gasteiger partial charge in [-0.3, -0.25) is 4.79 Å². The molecule has 2 aromatic rings. The summed E-state index contributed by atoms with van der Waals surface area (Å²) in [4.78, 5) is 26.3. The molecule has 8 heteroatoms. The Bertz CT molecular complexity index is 1250. The van der Waals surface area contributed by atoms with Crippen LogP contribution in [0.4, 0.5) is 0 Å². The number of ketones is 1. The summed E-state index contributed by atoms with van der Waals surface area (Å²) in [5.41, 5.74) is 0.934. The third-order valence-electron chi connectivity index (χ3n) is 7.58. The molecule has 0 heterocycles. The number of fused-ring (bicyclic) bond motifs is 2. The molecule has 2 aliphatic carbocycles. The Labute approximate surface area is 223 Å². The molecule has 4 rings (SSSR count). The van der Waals surface area contributed by atoms with Gasteiger partial charge >= 0.3 is 5.97 Å². The van der Waals surface area contributed by atoms with Crippen molar-refractivity contribution in [2.24, 2.45) is 11.8 Å². The van der Waals surface area contributed by atoms with Crippen molar-refractivity contribution in [3.63, 3.8) is 0 Å². The maximum atomic E-state index is 13.3. The molecule has 0 N–H and O–H groups in total. The first-order valence-electron chi connectivity index (χ1n) is 12.4. The minimum atomic E-state index is -0.896. The third-order valence-corrected chi connectivity index (χ3v) is 7.58. The number of esters is 1. The van der Waals surface area contributed by atoms with Crippen molar-refractivity contribution in [2.45, 2.75) is 31.8 Å². The lowest BCUT2D eigenvalue weighted by molar-refractivity contribution is -0.118. The molecule has 202 valence electrons. The number of ether oxygens (including phenoxy) is 6. The second-order valence-corrected chi connectivity index (χ2v) is 9.64. The van der Waals surface area contributed by atoms with Crippen LogP contribution in [0.2, 0.25) is 0 Å². The lowest BCUT2D eigenvalue weighted by atomic mass is 9.70. The second kappa shape index (κ2) is 10.8. The minimum absolute atomic E-state index is 0.0228. The van der Waals surface area contributed by atoms with Gasteiger partial charge in [-0.1, -0.05) is 32.0 Å². The summed E-state index contributed by atoms with van der Waals surface area (Å²) in [7, 11) is 7.53. The van der Waals surface area contributed by atoms with Gasteiger partial charge in [-0.2, -0.15) is 0 Å². The van der Waals surface area contributed by atoms with Crippen LogP contribution in [-0.4, -0.2) is 47.3 Å². The summed E-state index contributed by atoms with van der Waals surface area (Å²) in [6, 6.07) is 10.7. The topological polar surface area (TPSA) is 89.5 Å². The number of hydrogen-bond donors (Lipinski definition) is 0. The minimum Gasteiger partial charge on any atom is -0.493 e. The molecule has 0 fully saturated rings. The first-order valence-corrected chi connectivity index (χ1v) is 12.4. The average Bonchev–Trinajstić information content (AvgIpc) is 3.02. The predicted octanol–water partition coefficient (Wildman–Crippen LogP) is 5.17. The Kier molecular flexibility index (Phi) is 7.71. The fourth-order valence-corrected chi connectivity index (χ4v) is 5.54. The van der Waals surface area contributed by atoms with Crippen LogP contribution in [0.1, 0.15) is 47.9 Å². The maximum Gasteiger partial charge on any atom is 0.338 e. The molecule has 38 heavy (non-hydrogen) atoms. The highest BCUT2D eigenvalue weighted by atomic mass is 16.5. The van der Waals surface area contributed by atoms with Crippen molar-refractivity contribution >= 4 is 11.8 Å². The molecule has 0 bridgehead atoms. The molecule has 1 spiro atoms. The van der Waals surface area contributed by atoms with Gasteiger partial charge in [0.05, 0.1) is 41.1 Å². The highest BCUT2D eigenvalue weighted by molar-refractivity contribution is 6.07. The van der Waals surface area contributed by atoms with Crippen LogP contribution in [-0.2, 0) is 24.4 Å². The predicted molar refractivity (Wildman–Crippen MR) is 141 cm³/mol. The number of hydrogen-bond acceptors (Lipinski definition) is 8. The average molecular weight is 523 g/mol. The van der Waals surface area contributed by atoms with Gasteiger partial charge in [0.25, 0.3) is 5.78 Å². The Hall–Kier alpha value is -3.94. The molecule has 0 amide bonds. The normalized spacial score (nSPS) is 21.9. The van der Waals surface area contributed by atoms with Crippen molar-refractivity contribution in [3.8, 4) is 17.2 Å². The third kappa shape index (κ3) is 4.48. The van der Waals surface area contributed by atoms with E-state index >= 15 is 0 Å². The first kappa shape index (κ1) is 27.1. The highest BCUT2D eigenvalue weighted by Crippen LogP contribution is 2.57. The van der Waals surface area contributed by atoms with Gasteiger partial charge in [0.1, 0.15) is 6.10 Å². The number of methoxy groups -OCH3 is 5. The van der Waals surface area contributed by atoms with Crippen molar-refractivity contribution in [1.82, 2.24) is 0 Å². The second-order valence-electron chi connectivity index (χ2n) is 9.64. The molecular weight excluding hydrogens is 488 g/mol. The van der Waals surface area contributed by atoms with Crippen molar-refractivity contribution in [2.75, 3.05) is 35.5 Å². The van der Waals surface area contributed by atoms with Crippen molar-refractivity contribution in [1.29, 1.82) is 0 Å². The summed E-state index contributed by atoms with van der Waals surface area (Å²) in [6.07, 6.45) is 3.50. The number of benzene rings is 2.